The van der Waals surface area contributed by atoms with E-state index in [9.17, 15) is 5.26 Å². The first-order valence-corrected chi connectivity index (χ1v) is 6.19. The molecule has 0 radical (unpaired) electrons. The summed E-state index contributed by atoms with van der Waals surface area (Å²) in [6.45, 7) is 0.156. The average Bonchev–Trinajstić information content (AvgIpc) is 2.96. The van der Waals surface area contributed by atoms with E-state index in [-0.39, 0.29) is 12.8 Å². The van der Waals surface area contributed by atoms with Gasteiger partial charge in [-0.05, 0) is 24.3 Å². The highest BCUT2D eigenvalue weighted by molar-refractivity contribution is 5.94. The molecule has 0 unspecified atom stereocenters. The number of anilines is 1. The fourth-order valence-corrected chi connectivity index (χ4v) is 1.89. The molecule has 6 heteroatoms. The molecule has 1 N–H and O–H groups in total. The summed E-state index contributed by atoms with van der Waals surface area (Å²) < 4.78 is 15.8. The summed E-state index contributed by atoms with van der Waals surface area (Å²) in [6, 6.07) is 13.6. The minimum absolute atomic E-state index is 0.156. The maximum atomic E-state index is 9.26. The van der Waals surface area contributed by atoms with Gasteiger partial charge in [0.2, 0.25) is 6.79 Å². The molecule has 0 amide bonds. The van der Waals surface area contributed by atoms with Crippen LogP contribution in [-0.2, 0) is 0 Å². The van der Waals surface area contributed by atoms with Crippen molar-refractivity contribution in [1.82, 2.24) is 0 Å². The van der Waals surface area contributed by atoms with Gasteiger partial charge in [0, 0.05) is 6.07 Å². The fraction of sp³-hybridized carbons (Fsp3) is 0.0667. The van der Waals surface area contributed by atoms with Crippen LogP contribution < -0.4 is 19.1 Å². The minimum Gasteiger partial charge on any atom is -0.454 e. The van der Waals surface area contributed by atoms with E-state index in [1.54, 1.807) is 42.5 Å². The number of hydrogen-bond acceptors (Lipinski definition) is 5. The summed E-state index contributed by atoms with van der Waals surface area (Å²) in [7, 11) is 0. The number of hydrogen-bond donors (Lipinski definition) is 1. The first-order chi connectivity index (χ1) is 10.3. The number of benzene rings is 2. The van der Waals surface area contributed by atoms with Gasteiger partial charge in [0.1, 0.15) is 5.75 Å². The zero-order valence-electron chi connectivity index (χ0n) is 10.9. The molecule has 0 fully saturated rings. The van der Waals surface area contributed by atoms with E-state index in [1.807, 2.05) is 12.3 Å². The normalized spacial score (nSPS) is 11.6. The maximum absolute atomic E-state index is 9.26. The van der Waals surface area contributed by atoms with Crippen molar-refractivity contribution in [1.29, 1.82) is 10.7 Å². The van der Waals surface area contributed by atoms with Crippen LogP contribution in [0, 0.1) is 16.9 Å². The number of nitrogens with zero attached hydrogens (tertiary/aromatic N) is 2. The fourth-order valence-electron chi connectivity index (χ4n) is 1.89. The van der Waals surface area contributed by atoms with Gasteiger partial charge < -0.3 is 14.2 Å². The van der Waals surface area contributed by atoms with Gasteiger partial charge in [-0.1, -0.05) is 18.2 Å². The third-order valence-corrected chi connectivity index (χ3v) is 2.88. The van der Waals surface area contributed by atoms with Crippen molar-refractivity contribution in [3.8, 4) is 23.4 Å². The van der Waals surface area contributed by atoms with Gasteiger partial charge in [-0.15, -0.1) is 0 Å². The Morgan fingerprint density at radius 1 is 1.14 bits per heavy atom. The highest BCUT2D eigenvalue weighted by atomic mass is 16.7. The Balaban J connectivity index is 1.82. The Kier molecular flexibility index (Phi) is 3.31. The monoisotopic (exact) mass is 281 g/mol. The molecular formula is C15H11N3O3. The van der Waals surface area contributed by atoms with Crippen molar-refractivity contribution in [2.45, 2.75) is 0 Å². The molecule has 104 valence electrons. The van der Waals surface area contributed by atoms with Crippen LogP contribution in [-0.4, -0.2) is 12.8 Å². The molecule has 2 aromatic rings. The predicted octanol–water partition coefficient (Wildman–Crippen LogP) is 2.72. The van der Waals surface area contributed by atoms with E-state index in [4.69, 9.17) is 19.6 Å². The van der Waals surface area contributed by atoms with Gasteiger partial charge in [0.25, 0.3) is 0 Å². The van der Waals surface area contributed by atoms with Crippen molar-refractivity contribution in [3.05, 3.63) is 48.5 Å². The van der Waals surface area contributed by atoms with Crippen molar-refractivity contribution < 1.29 is 14.2 Å². The molecule has 1 heterocycles. The van der Waals surface area contributed by atoms with Gasteiger partial charge in [-0.25, -0.2) is 5.41 Å². The molecule has 2 aromatic carbocycles. The van der Waals surface area contributed by atoms with E-state index in [0.29, 0.717) is 22.9 Å². The van der Waals surface area contributed by atoms with E-state index in [0.717, 1.165) is 4.90 Å². The van der Waals surface area contributed by atoms with Crippen LogP contribution in [0.15, 0.2) is 48.5 Å². The van der Waals surface area contributed by atoms with Crippen molar-refractivity contribution in [2.75, 3.05) is 11.7 Å². The summed E-state index contributed by atoms with van der Waals surface area (Å²) >= 11 is 0. The molecule has 0 aliphatic carbocycles. The van der Waals surface area contributed by atoms with E-state index in [1.165, 1.54) is 0 Å². The molecular weight excluding hydrogens is 270 g/mol. The van der Waals surface area contributed by atoms with Crippen LogP contribution in [0.2, 0.25) is 0 Å². The number of ether oxygens (including phenoxy) is 3. The van der Waals surface area contributed by atoms with E-state index in [2.05, 4.69) is 0 Å². The number of rotatable bonds is 2. The zero-order valence-corrected chi connectivity index (χ0v) is 10.9. The first kappa shape index (κ1) is 12.8. The van der Waals surface area contributed by atoms with Gasteiger partial charge in [-0.3, -0.25) is 0 Å². The molecule has 0 spiro atoms. The SMILES string of the molecule is N#CN(C(=N)Oc1ccccc1)c1ccc2c(c1)OCO2. The lowest BCUT2D eigenvalue weighted by Crippen LogP contribution is -2.29. The second-order valence-corrected chi connectivity index (χ2v) is 4.19. The first-order valence-electron chi connectivity index (χ1n) is 6.19. The lowest BCUT2D eigenvalue weighted by atomic mass is 10.2. The second-order valence-electron chi connectivity index (χ2n) is 4.19. The van der Waals surface area contributed by atoms with Crippen LogP contribution in [0.25, 0.3) is 0 Å². The standard InChI is InChI=1S/C15H11N3O3/c16-9-18(15(17)21-12-4-2-1-3-5-12)11-6-7-13-14(8-11)20-10-19-13/h1-8,17H,10H2. The zero-order chi connectivity index (χ0) is 14.7. The summed E-state index contributed by atoms with van der Waals surface area (Å²) in [5, 5.41) is 17.2. The molecule has 3 rings (SSSR count). The second kappa shape index (κ2) is 5.43. The molecule has 21 heavy (non-hydrogen) atoms. The molecule has 0 atom stereocenters. The number of para-hydroxylation sites is 1. The summed E-state index contributed by atoms with van der Waals surface area (Å²) in [5.41, 5.74) is 0.475. The Labute approximate surface area is 121 Å². The summed E-state index contributed by atoms with van der Waals surface area (Å²) in [6.07, 6.45) is 1.92. The molecule has 1 aliphatic heterocycles. The van der Waals surface area contributed by atoms with Crippen LogP contribution >= 0.6 is 0 Å². The topological polar surface area (TPSA) is 78.6 Å². The molecule has 0 saturated heterocycles. The average molecular weight is 281 g/mol. The largest absolute Gasteiger partial charge is 0.454 e. The van der Waals surface area contributed by atoms with Crippen molar-refractivity contribution in [2.24, 2.45) is 0 Å². The highest BCUT2D eigenvalue weighted by Gasteiger charge is 2.19. The van der Waals surface area contributed by atoms with Crippen LogP contribution in [0.1, 0.15) is 0 Å². The maximum Gasteiger partial charge on any atom is 0.308 e. The number of amidine groups is 1. The third-order valence-electron chi connectivity index (χ3n) is 2.88. The number of fused-ring (bicyclic) bond motifs is 1. The number of nitrogens with one attached hydrogen (secondary N) is 1. The minimum atomic E-state index is -0.289. The Bertz CT molecular complexity index is 710. The van der Waals surface area contributed by atoms with Crippen LogP contribution in [0.3, 0.4) is 0 Å². The van der Waals surface area contributed by atoms with E-state index >= 15 is 0 Å². The Morgan fingerprint density at radius 3 is 2.67 bits per heavy atom. The quantitative estimate of drug-likeness (QED) is 0.396. The lowest BCUT2D eigenvalue weighted by molar-refractivity contribution is 0.174. The lowest BCUT2D eigenvalue weighted by Gasteiger charge is -2.16. The van der Waals surface area contributed by atoms with Crippen molar-refractivity contribution >= 4 is 11.7 Å². The van der Waals surface area contributed by atoms with Gasteiger partial charge in [-0.2, -0.15) is 10.2 Å². The van der Waals surface area contributed by atoms with Gasteiger partial charge in [0.05, 0.1) is 5.69 Å². The third kappa shape index (κ3) is 2.58. The number of nitriles is 1. The van der Waals surface area contributed by atoms with Gasteiger partial charge in [0.15, 0.2) is 17.7 Å². The molecule has 0 saturated carbocycles. The highest BCUT2D eigenvalue weighted by Crippen LogP contribution is 2.35. The van der Waals surface area contributed by atoms with Crippen molar-refractivity contribution in [3.63, 3.8) is 0 Å². The van der Waals surface area contributed by atoms with Crippen LogP contribution in [0.4, 0.5) is 5.69 Å². The van der Waals surface area contributed by atoms with E-state index < -0.39 is 0 Å². The Hall–Kier alpha value is -3.20. The van der Waals surface area contributed by atoms with Crippen LogP contribution in [0.5, 0.6) is 17.2 Å². The van der Waals surface area contributed by atoms with Gasteiger partial charge >= 0.3 is 6.02 Å². The molecule has 1 aliphatic rings. The molecule has 0 bridgehead atoms. The molecule has 0 aromatic heterocycles. The predicted molar refractivity (Wildman–Crippen MR) is 75.5 cm³/mol. The summed E-state index contributed by atoms with van der Waals surface area (Å²) in [5.74, 6) is 1.65. The smallest absolute Gasteiger partial charge is 0.308 e. The summed E-state index contributed by atoms with van der Waals surface area (Å²) in [4.78, 5) is 1.06. The molecule has 6 nitrogen and oxygen atoms in total. The Morgan fingerprint density at radius 2 is 1.90 bits per heavy atom.